The maximum Gasteiger partial charge on any atom is 0.344 e. The lowest BCUT2D eigenvalue weighted by Crippen LogP contribution is -2.57. The number of Topliss-reactive ketones (excluding diaryl/α,β-unsaturated/α-hetero) is 1. The van der Waals surface area contributed by atoms with E-state index < -0.39 is 65.1 Å². The van der Waals surface area contributed by atoms with E-state index in [-0.39, 0.29) is 42.0 Å². The van der Waals surface area contributed by atoms with Gasteiger partial charge in [0.05, 0.1) is 42.5 Å². The van der Waals surface area contributed by atoms with Crippen LogP contribution in [0.25, 0.3) is 0 Å². The third-order valence-electron chi connectivity index (χ3n) is 11.4. The topological polar surface area (TPSA) is 152 Å². The van der Waals surface area contributed by atoms with Crippen molar-refractivity contribution in [2.45, 2.75) is 155 Å². The summed E-state index contributed by atoms with van der Waals surface area (Å²) >= 11 is 0. The number of hydrogen-bond donors (Lipinski definition) is 4. The van der Waals surface area contributed by atoms with Gasteiger partial charge in [0.15, 0.2) is 5.79 Å². The number of rotatable bonds is 12. The third-order valence-corrected chi connectivity index (χ3v) is 11.4. The summed E-state index contributed by atoms with van der Waals surface area (Å²) in [6.45, 7) is 19.0. The van der Waals surface area contributed by atoms with Crippen LogP contribution in [0.1, 0.15) is 108 Å². The van der Waals surface area contributed by atoms with Gasteiger partial charge in [-0.15, -0.1) is 0 Å². The second kappa shape index (κ2) is 13.7. The average Bonchev–Trinajstić information content (AvgIpc) is 3.43. The van der Waals surface area contributed by atoms with Gasteiger partial charge in [0.2, 0.25) is 0 Å². The number of aliphatic hydroxyl groups excluding tert-OH is 2. The van der Waals surface area contributed by atoms with Crippen molar-refractivity contribution in [2.24, 2.45) is 41.4 Å². The van der Waals surface area contributed by atoms with Crippen LogP contribution in [-0.2, 0) is 28.7 Å². The van der Waals surface area contributed by atoms with Gasteiger partial charge in [-0.1, -0.05) is 55.4 Å². The van der Waals surface area contributed by atoms with E-state index in [2.05, 4.69) is 4.89 Å². The van der Waals surface area contributed by atoms with E-state index in [0.717, 1.165) is 6.42 Å². The molecule has 0 amide bonds. The third kappa shape index (κ3) is 6.71. The maximum atomic E-state index is 14.0. The van der Waals surface area contributed by atoms with Crippen molar-refractivity contribution >= 4 is 11.8 Å². The zero-order chi connectivity index (χ0) is 32.7. The van der Waals surface area contributed by atoms with Crippen LogP contribution in [0.2, 0.25) is 0 Å². The molecule has 10 heteroatoms. The molecule has 3 aliphatic heterocycles. The molecule has 3 rings (SSSR count). The fourth-order valence-corrected chi connectivity index (χ4v) is 8.60. The Morgan fingerprint density at radius 2 is 1.60 bits per heavy atom. The van der Waals surface area contributed by atoms with Crippen LogP contribution in [0.4, 0.5) is 0 Å². The molecular weight excluding hydrogens is 556 g/mol. The van der Waals surface area contributed by atoms with Gasteiger partial charge < -0.3 is 34.4 Å². The van der Waals surface area contributed by atoms with Crippen LogP contribution in [0.5, 0.6) is 0 Å². The standard InChI is InChI=1S/C33H58O10/c1-11-24(30-19(5)15-31(10,41-30)33(38)20(6)16-32(12-2,43-33)23(9)34)28(37)21(7)27(36)22(8)29-18(4)13-17(3)25(40-29)14-26(35)42-39/h17-25,27,29-30,34,36,38-39H,11-16H2,1-10H3/t17-,18-,19+,20+,21-,22-,23+,24-,25-,27+,29-,30+,31+,32+,33+/m0/s1. The van der Waals surface area contributed by atoms with Gasteiger partial charge in [0.25, 0.3) is 0 Å². The highest BCUT2D eigenvalue weighted by Gasteiger charge is 2.66. The highest BCUT2D eigenvalue weighted by atomic mass is 17.1. The van der Waals surface area contributed by atoms with Gasteiger partial charge in [0.1, 0.15) is 11.4 Å². The van der Waals surface area contributed by atoms with Crippen LogP contribution >= 0.6 is 0 Å². The monoisotopic (exact) mass is 614 g/mol. The number of ketones is 1. The van der Waals surface area contributed by atoms with E-state index >= 15 is 0 Å². The summed E-state index contributed by atoms with van der Waals surface area (Å²) < 4.78 is 19.3. The van der Waals surface area contributed by atoms with Crippen LogP contribution in [0.3, 0.4) is 0 Å². The molecule has 3 aliphatic rings. The summed E-state index contributed by atoms with van der Waals surface area (Å²) in [5.74, 6) is -4.28. The van der Waals surface area contributed by atoms with E-state index in [9.17, 15) is 24.9 Å². The van der Waals surface area contributed by atoms with Crippen molar-refractivity contribution in [2.75, 3.05) is 0 Å². The Labute approximate surface area is 257 Å². The normalized spacial score (nSPS) is 43.5. The molecule has 0 bridgehead atoms. The predicted molar refractivity (Wildman–Crippen MR) is 160 cm³/mol. The molecule has 4 N–H and O–H groups in total. The first-order valence-corrected chi connectivity index (χ1v) is 16.4. The van der Waals surface area contributed by atoms with Gasteiger partial charge >= 0.3 is 5.97 Å². The molecule has 0 unspecified atom stereocenters. The minimum atomic E-state index is -1.63. The molecule has 3 saturated heterocycles. The SMILES string of the molecule is CC[C@@H](C(=O)[C@@H](C)[C@@H](O)[C@H](C)[C@H]1O[C@@H](CC(=O)OO)[C@@H](C)C[C@@H]1C)[C@@H]1O[C@@](C)([C@]2(O)O[C@@](CC)([C@@H](C)O)C[C@H]2C)C[C@H]1C. The molecular formula is C33H58O10. The summed E-state index contributed by atoms with van der Waals surface area (Å²) in [6.07, 6.45) is -0.350. The lowest BCUT2D eigenvalue weighted by Gasteiger charge is -2.44. The number of aliphatic hydroxyl groups is 3. The molecule has 0 aromatic heterocycles. The molecule has 10 nitrogen and oxygen atoms in total. The fourth-order valence-electron chi connectivity index (χ4n) is 8.60. The lowest BCUT2D eigenvalue weighted by molar-refractivity contribution is -0.331. The summed E-state index contributed by atoms with van der Waals surface area (Å²) in [7, 11) is 0. The van der Waals surface area contributed by atoms with E-state index in [0.29, 0.717) is 25.7 Å². The zero-order valence-corrected chi connectivity index (χ0v) is 27.9. The maximum absolute atomic E-state index is 14.0. The smallest absolute Gasteiger partial charge is 0.344 e. The first-order chi connectivity index (χ1) is 19.9. The molecule has 0 aromatic rings. The van der Waals surface area contributed by atoms with E-state index in [4.69, 9.17) is 19.5 Å². The van der Waals surface area contributed by atoms with Crippen molar-refractivity contribution in [1.29, 1.82) is 0 Å². The number of hydrogen-bond acceptors (Lipinski definition) is 10. The largest absolute Gasteiger partial charge is 0.392 e. The van der Waals surface area contributed by atoms with Crippen molar-refractivity contribution in [3.05, 3.63) is 0 Å². The van der Waals surface area contributed by atoms with Crippen molar-refractivity contribution in [1.82, 2.24) is 0 Å². The second-order valence-electron chi connectivity index (χ2n) is 14.5. The molecule has 0 radical (unpaired) electrons. The quantitative estimate of drug-likeness (QED) is 0.183. The van der Waals surface area contributed by atoms with Crippen LogP contribution in [0.15, 0.2) is 0 Å². The molecule has 0 spiro atoms. The molecule has 15 atom stereocenters. The van der Waals surface area contributed by atoms with Crippen molar-refractivity contribution < 1.29 is 49.3 Å². The van der Waals surface area contributed by atoms with Gasteiger partial charge in [-0.05, 0) is 63.7 Å². The minimum Gasteiger partial charge on any atom is -0.392 e. The Hall–Kier alpha value is -1.14. The summed E-state index contributed by atoms with van der Waals surface area (Å²) in [5, 5.41) is 42.7. The summed E-state index contributed by atoms with van der Waals surface area (Å²) in [5.41, 5.74) is -1.96. The molecule has 3 heterocycles. The predicted octanol–water partition coefficient (Wildman–Crippen LogP) is 4.51. The van der Waals surface area contributed by atoms with Gasteiger partial charge in [-0.3, -0.25) is 4.79 Å². The Morgan fingerprint density at radius 3 is 2.12 bits per heavy atom. The molecule has 43 heavy (non-hydrogen) atoms. The number of carbonyl (C=O) groups excluding carboxylic acids is 2. The first-order valence-electron chi connectivity index (χ1n) is 16.4. The van der Waals surface area contributed by atoms with Gasteiger partial charge in [-0.2, -0.15) is 5.26 Å². The second-order valence-corrected chi connectivity index (χ2v) is 14.5. The Morgan fingerprint density at radius 1 is 0.977 bits per heavy atom. The van der Waals surface area contributed by atoms with Crippen molar-refractivity contribution in [3.8, 4) is 0 Å². The highest BCUT2D eigenvalue weighted by Crippen LogP contribution is 2.55. The van der Waals surface area contributed by atoms with E-state index in [1.165, 1.54) is 0 Å². The Balaban J connectivity index is 1.76. The summed E-state index contributed by atoms with van der Waals surface area (Å²) in [6, 6.07) is 0. The molecule has 3 fully saturated rings. The van der Waals surface area contributed by atoms with E-state index in [1.807, 2.05) is 55.4 Å². The molecule has 0 aromatic carbocycles. The van der Waals surface area contributed by atoms with Crippen LogP contribution < -0.4 is 0 Å². The minimum absolute atomic E-state index is 0.0566. The molecule has 250 valence electrons. The fraction of sp³-hybridized carbons (Fsp3) is 0.939. The van der Waals surface area contributed by atoms with E-state index in [1.54, 1.807) is 13.8 Å². The molecule has 0 saturated carbocycles. The van der Waals surface area contributed by atoms with Crippen LogP contribution in [-0.4, -0.2) is 79.8 Å². The Bertz CT molecular complexity index is 973. The molecule has 0 aliphatic carbocycles. The highest BCUT2D eigenvalue weighted by molar-refractivity contribution is 5.84. The van der Waals surface area contributed by atoms with Gasteiger partial charge in [0, 0.05) is 23.7 Å². The van der Waals surface area contributed by atoms with Crippen molar-refractivity contribution in [3.63, 3.8) is 0 Å². The van der Waals surface area contributed by atoms with Gasteiger partial charge in [-0.25, -0.2) is 4.79 Å². The Kier molecular flexibility index (Phi) is 11.6. The zero-order valence-electron chi connectivity index (χ0n) is 27.9. The summed E-state index contributed by atoms with van der Waals surface area (Å²) in [4.78, 5) is 29.6. The van der Waals surface area contributed by atoms with Crippen LogP contribution in [0, 0.1) is 41.4 Å². The lowest BCUT2D eigenvalue weighted by atomic mass is 9.74. The number of carbonyl (C=O) groups is 2. The number of ether oxygens (including phenoxy) is 3. The first kappa shape index (κ1) is 36.3. The average molecular weight is 615 g/mol.